The number of carbonyl (C=O) groups is 3. The van der Waals surface area contributed by atoms with E-state index in [-0.39, 0.29) is 23.7 Å². The fourth-order valence-corrected chi connectivity index (χ4v) is 4.80. The van der Waals surface area contributed by atoms with E-state index in [0.717, 1.165) is 9.75 Å². The average Bonchev–Trinajstić information content (AvgIpc) is 3.28. The molecule has 4 unspecified atom stereocenters. The second kappa shape index (κ2) is 8.31. The van der Waals surface area contributed by atoms with Gasteiger partial charge in [0.15, 0.2) is 23.8 Å². The van der Waals surface area contributed by atoms with E-state index in [4.69, 9.17) is 9.47 Å². The number of ketones is 2. The zero-order valence-electron chi connectivity index (χ0n) is 16.1. The molecule has 1 N–H and O–H groups in total. The quantitative estimate of drug-likeness (QED) is 0.696. The van der Waals surface area contributed by atoms with E-state index in [1.807, 2.05) is 32.9 Å². The minimum absolute atomic E-state index is 0.0234. The van der Waals surface area contributed by atoms with Gasteiger partial charge >= 0.3 is 5.97 Å². The smallest absolute Gasteiger partial charge is 0.339 e. The third-order valence-electron chi connectivity index (χ3n) is 5.32. The Morgan fingerprint density at radius 1 is 1.18 bits per heavy atom. The van der Waals surface area contributed by atoms with Gasteiger partial charge in [0.25, 0.3) is 0 Å². The predicted molar refractivity (Wildman–Crippen MR) is 104 cm³/mol. The lowest BCUT2D eigenvalue weighted by atomic mass is 9.84. The van der Waals surface area contributed by atoms with Crippen LogP contribution in [-0.4, -0.2) is 34.9 Å². The first-order chi connectivity index (χ1) is 13.4. The lowest BCUT2D eigenvalue weighted by Gasteiger charge is -2.31. The Labute approximate surface area is 167 Å². The van der Waals surface area contributed by atoms with E-state index in [1.54, 1.807) is 0 Å². The van der Waals surface area contributed by atoms with Crippen molar-refractivity contribution in [2.75, 3.05) is 0 Å². The predicted octanol–water partition coefficient (Wildman–Crippen LogP) is 3.75. The van der Waals surface area contributed by atoms with Gasteiger partial charge in [0, 0.05) is 27.7 Å². The van der Waals surface area contributed by atoms with Crippen molar-refractivity contribution in [1.29, 1.82) is 0 Å². The highest BCUT2D eigenvalue weighted by Gasteiger charge is 2.44. The summed E-state index contributed by atoms with van der Waals surface area (Å²) >= 11 is 1.53. The van der Waals surface area contributed by atoms with Crippen molar-refractivity contribution in [2.24, 2.45) is 5.92 Å². The van der Waals surface area contributed by atoms with E-state index in [2.05, 4.69) is 0 Å². The lowest BCUT2D eigenvalue weighted by molar-refractivity contribution is -0.159. The van der Waals surface area contributed by atoms with Crippen molar-refractivity contribution in [2.45, 2.75) is 58.2 Å². The number of Topliss-reactive ketones (excluding diaryl/α,β-unsaturated/α-hetero) is 1. The zero-order valence-corrected chi connectivity index (χ0v) is 17.0. The van der Waals surface area contributed by atoms with Crippen LogP contribution in [0.1, 0.15) is 48.8 Å². The van der Waals surface area contributed by atoms with Crippen molar-refractivity contribution < 1.29 is 29.0 Å². The number of cyclic esters (lactones) is 1. The van der Waals surface area contributed by atoms with E-state index in [1.165, 1.54) is 23.7 Å². The highest BCUT2D eigenvalue weighted by molar-refractivity contribution is 7.12. The number of rotatable bonds is 7. The average molecular weight is 404 g/mol. The summed E-state index contributed by atoms with van der Waals surface area (Å²) in [6, 6.07) is 3.85. The SMILES string of the molecule is CCC(C1=C(O)C(=O)C(C(CC)CC2OC=CC2=O)OC1=O)c1ccc(C)s1. The molecule has 150 valence electrons. The maximum atomic E-state index is 12.9. The van der Waals surface area contributed by atoms with Crippen LogP contribution in [0.5, 0.6) is 0 Å². The zero-order chi connectivity index (χ0) is 20.4. The van der Waals surface area contributed by atoms with Gasteiger partial charge in [-0.05, 0) is 38.3 Å². The van der Waals surface area contributed by atoms with Crippen LogP contribution < -0.4 is 0 Å². The van der Waals surface area contributed by atoms with E-state index < -0.39 is 35.6 Å². The molecule has 0 spiro atoms. The van der Waals surface area contributed by atoms with Crippen LogP contribution in [-0.2, 0) is 23.9 Å². The summed E-state index contributed by atoms with van der Waals surface area (Å²) < 4.78 is 10.8. The summed E-state index contributed by atoms with van der Waals surface area (Å²) in [4.78, 5) is 39.4. The number of aliphatic hydroxyl groups is 1. The number of ether oxygens (including phenoxy) is 2. The Morgan fingerprint density at radius 2 is 1.93 bits per heavy atom. The van der Waals surface area contributed by atoms with Gasteiger partial charge in [-0.1, -0.05) is 13.8 Å². The minimum Gasteiger partial charge on any atom is -0.504 e. The largest absolute Gasteiger partial charge is 0.504 e. The molecule has 0 bridgehead atoms. The third kappa shape index (κ3) is 3.76. The van der Waals surface area contributed by atoms with Crippen LogP contribution in [0.25, 0.3) is 0 Å². The Balaban J connectivity index is 1.86. The monoisotopic (exact) mass is 404 g/mol. The van der Waals surface area contributed by atoms with Crippen LogP contribution in [0.15, 0.2) is 35.8 Å². The molecule has 3 heterocycles. The highest BCUT2D eigenvalue weighted by atomic mass is 32.1. The van der Waals surface area contributed by atoms with Crippen LogP contribution in [0.3, 0.4) is 0 Å². The molecule has 0 amide bonds. The molecule has 28 heavy (non-hydrogen) atoms. The summed E-state index contributed by atoms with van der Waals surface area (Å²) in [5.74, 6) is -2.78. The van der Waals surface area contributed by atoms with Gasteiger partial charge in [-0.3, -0.25) is 9.59 Å². The van der Waals surface area contributed by atoms with Crippen LogP contribution in [0.4, 0.5) is 0 Å². The molecule has 1 aromatic heterocycles. The van der Waals surface area contributed by atoms with Gasteiger partial charge in [0.1, 0.15) is 0 Å². The van der Waals surface area contributed by atoms with Crippen LogP contribution in [0.2, 0.25) is 0 Å². The number of esters is 1. The molecule has 0 saturated carbocycles. The molecule has 0 saturated heterocycles. The Hall–Kier alpha value is -2.41. The van der Waals surface area contributed by atoms with Crippen molar-refractivity contribution in [3.8, 4) is 0 Å². The maximum absolute atomic E-state index is 12.9. The van der Waals surface area contributed by atoms with Crippen molar-refractivity contribution >= 4 is 28.9 Å². The number of hydrogen-bond donors (Lipinski definition) is 1. The van der Waals surface area contributed by atoms with E-state index in [9.17, 15) is 19.5 Å². The normalized spacial score (nSPS) is 24.3. The second-order valence-electron chi connectivity index (χ2n) is 7.10. The van der Waals surface area contributed by atoms with Crippen molar-refractivity contribution in [3.05, 3.63) is 45.6 Å². The summed E-state index contributed by atoms with van der Waals surface area (Å²) in [6.45, 7) is 5.70. The Kier molecular flexibility index (Phi) is 6.03. The molecule has 6 nitrogen and oxygen atoms in total. The Bertz CT molecular complexity index is 849. The Morgan fingerprint density at radius 3 is 2.46 bits per heavy atom. The van der Waals surface area contributed by atoms with Gasteiger partial charge in [-0.25, -0.2) is 4.79 Å². The minimum atomic E-state index is -1.11. The first-order valence-corrected chi connectivity index (χ1v) is 10.3. The van der Waals surface area contributed by atoms with Crippen molar-refractivity contribution in [1.82, 2.24) is 0 Å². The third-order valence-corrected chi connectivity index (χ3v) is 6.44. The first-order valence-electron chi connectivity index (χ1n) is 9.47. The number of hydrogen-bond acceptors (Lipinski definition) is 7. The second-order valence-corrected chi connectivity index (χ2v) is 8.42. The van der Waals surface area contributed by atoms with Gasteiger partial charge < -0.3 is 14.6 Å². The maximum Gasteiger partial charge on any atom is 0.339 e. The van der Waals surface area contributed by atoms with E-state index >= 15 is 0 Å². The molecular weight excluding hydrogens is 380 g/mol. The molecule has 7 heteroatoms. The van der Waals surface area contributed by atoms with Gasteiger partial charge in [0.05, 0.1) is 11.8 Å². The van der Waals surface area contributed by atoms with Crippen molar-refractivity contribution in [3.63, 3.8) is 0 Å². The molecule has 0 aromatic carbocycles. The molecule has 1 aromatic rings. The summed E-state index contributed by atoms with van der Waals surface area (Å²) in [7, 11) is 0. The molecular formula is C21H24O6S. The topological polar surface area (TPSA) is 89.9 Å². The van der Waals surface area contributed by atoms with E-state index in [0.29, 0.717) is 12.8 Å². The van der Waals surface area contributed by atoms with Crippen LogP contribution >= 0.6 is 11.3 Å². The van der Waals surface area contributed by atoms with Gasteiger partial charge in [-0.15, -0.1) is 11.3 Å². The van der Waals surface area contributed by atoms with Gasteiger partial charge in [0.2, 0.25) is 5.78 Å². The molecule has 4 atom stereocenters. The molecule has 0 fully saturated rings. The number of carbonyl (C=O) groups excluding carboxylic acids is 3. The molecule has 3 rings (SSSR count). The number of aryl methyl sites for hydroxylation is 1. The molecule has 2 aliphatic rings. The molecule has 0 radical (unpaired) electrons. The molecule has 0 aliphatic carbocycles. The first kappa shape index (κ1) is 20.3. The van der Waals surface area contributed by atoms with Gasteiger partial charge in [-0.2, -0.15) is 0 Å². The number of thiophene rings is 1. The summed E-state index contributed by atoms with van der Waals surface area (Å²) in [5, 5.41) is 10.6. The highest BCUT2D eigenvalue weighted by Crippen LogP contribution is 2.38. The fraction of sp³-hybridized carbons (Fsp3) is 0.476. The van der Waals surface area contributed by atoms with Crippen LogP contribution in [0, 0.1) is 12.8 Å². The molecule has 2 aliphatic heterocycles. The number of aliphatic hydroxyl groups excluding tert-OH is 1. The fourth-order valence-electron chi connectivity index (χ4n) is 3.73. The summed E-state index contributed by atoms with van der Waals surface area (Å²) in [6.07, 6.45) is 2.19. The standard InChI is InChI=1S/C21H24O6S/c1-4-12(10-15-14(22)8-9-26-15)20-19(24)18(23)17(21(25)27-20)13(5-2)16-7-6-11(3)28-16/h6-9,12-13,15,20,23H,4-5,10H2,1-3H3. The lowest BCUT2D eigenvalue weighted by Crippen LogP contribution is -2.43. The summed E-state index contributed by atoms with van der Waals surface area (Å²) in [5.41, 5.74) is 0.0234.